The van der Waals surface area contributed by atoms with Gasteiger partial charge in [-0.05, 0) is 80.2 Å². The number of aromatic nitrogens is 2. The molecule has 0 saturated carbocycles. The van der Waals surface area contributed by atoms with Gasteiger partial charge in [0.1, 0.15) is 0 Å². The van der Waals surface area contributed by atoms with E-state index in [0.29, 0.717) is 5.82 Å². The molecule has 0 radical (unpaired) electrons. The lowest BCUT2D eigenvalue weighted by molar-refractivity contribution is 0.00578. The summed E-state index contributed by atoms with van der Waals surface area (Å²) < 4.78 is 12.8. The Morgan fingerprint density at radius 3 is 1.78 bits per heavy atom. The van der Waals surface area contributed by atoms with E-state index < -0.39 is 18.3 Å². The second-order valence-corrected chi connectivity index (χ2v) is 14.6. The summed E-state index contributed by atoms with van der Waals surface area (Å²) in [6, 6.07) is 46.8. The highest BCUT2D eigenvalue weighted by Crippen LogP contribution is 2.52. The number of hydrogen-bond donors (Lipinski definition) is 0. The minimum absolute atomic E-state index is 0.185. The van der Waals surface area contributed by atoms with Gasteiger partial charge in [-0.2, -0.15) is 0 Å². The van der Waals surface area contributed by atoms with Gasteiger partial charge in [-0.3, -0.25) is 0 Å². The summed E-state index contributed by atoms with van der Waals surface area (Å²) in [5.74, 6) is 0.678. The van der Waals surface area contributed by atoms with Gasteiger partial charge in [0.05, 0.1) is 34.0 Å². The molecule has 0 bridgehead atoms. The van der Waals surface area contributed by atoms with Crippen molar-refractivity contribution in [3.63, 3.8) is 0 Å². The highest BCUT2D eigenvalue weighted by atomic mass is 16.7. The Hall–Kier alpha value is -5.04. The zero-order valence-electron chi connectivity index (χ0n) is 28.9. The Balaban J connectivity index is 1.28. The minimum Gasteiger partial charge on any atom is -0.399 e. The van der Waals surface area contributed by atoms with Crippen LogP contribution in [0.2, 0.25) is 0 Å². The maximum absolute atomic E-state index is 6.41. The Morgan fingerprint density at radius 2 is 1.08 bits per heavy atom. The largest absolute Gasteiger partial charge is 0.494 e. The lowest BCUT2D eigenvalue weighted by Gasteiger charge is -2.42. The Morgan fingerprint density at radius 1 is 0.510 bits per heavy atom. The number of anilines is 3. The predicted molar refractivity (Wildman–Crippen MR) is 201 cm³/mol. The topological polar surface area (TPSA) is 47.5 Å². The van der Waals surface area contributed by atoms with Crippen LogP contribution >= 0.6 is 0 Å². The van der Waals surface area contributed by atoms with Crippen LogP contribution in [0, 0.1) is 0 Å². The fourth-order valence-electron chi connectivity index (χ4n) is 7.01. The predicted octanol–water partition coefficient (Wildman–Crippen LogP) is 9.89. The highest BCUT2D eigenvalue weighted by molar-refractivity contribution is 6.62. The van der Waals surface area contributed by atoms with E-state index >= 15 is 0 Å². The summed E-state index contributed by atoms with van der Waals surface area (Å²) in [5, 5.41) is 0. The molecule has 0 aliphatic carbocycles. The summed E-state index contributed by atoms with van der Waals surface area (Å²) >= 11 is 0. The molecule has 1 aromatic heterocycles. The fourth-order valence-corrected chi connectivity index (χ4v) is 7.01. The van der Waals surface area contributed by atoms with Gasteiger partial charge >= 0.3 is 7.12 Å². The average molecular weight is 642 g/mol. The third kappa shape index (κ3) is 5.36. The monoisotopic (exact) mass is 641 g/mol. The summed E-state index contributed by atoms with van der Waals surface area (Å²) in [5.41, 5.74) is 10.6. The maximum Gasteiger partial charge on any atom is 0.494 e. The van der Waals surface area contributed by atoms with Crippen molar-refractivity contribution in [2.24, 2.45) is 0 Å². The molecule has 6 heteroatoms. The summed E-state index contributed by atoms with van der Waals surface area (Å²) in [6.45, 7) is 13.0. The summed E-state index contributed by atoms with van der Waals surface area (Å²) in [4.78, 5) is 12.7. The van der Waals surface area contributed by atoms with Crippen LogP contribution in [0.3, 0.4) is 0 Å². The van der Waals surface area contributed by atoms with Gasteiger partial charge in [0.2, 0.25) is 0 Å². The van der Waals surface area contributed by atoms with E-state index in [1.54, 1.807) is 0 Å². The number of benzene rings is 5. The van der Waals surface area contributed by atoms with Crippen LogP contribution in [0.5, 0.6) is 0 Å². The zero-order valence-corrected chi connectivity index (χ0v) is 28.9. The fraction of sp³-hybridized carbons (Fsp3) is 0.209. The number of fused-ring (bicyclic) bond motifs is 2. The molecule has 242 valence electrons. The first-order valence-electron chi connectivity index (χ1n) is 17.0. The van der Waals surface area contributed by atoms with Crippen molar-refractivity contribution in [3.8, 4) is 33.9 Å². The van der Waals surface area contributed by atoms with Gasteiger partial charge in [0.25, 0.3) is 0 Å². The molecular weight excluding hydrogens is 601 g/mol. The molecule has 0 amide bonds. The molecule has 5 aromatic carbocycles. The van der Waals surface area contributed by atoms with Crippen molar-refractivity contribution < 1.29 is 9.31 Å². The maximum atomic E-state index is 6.41. The van der Waals surface area contributed by atoms with Crippen LogP contribution in [-0.4, -0.2) is 28.3 Å². The minimum atomic E-state index is -0.462. The van der Waals surface area contributed by atoms with Gasteiger partial charge in [-0.1, -0.05) is 117 Å². The molecule has 1 fully saturated rings. The van der Waals surface area contributed by atoms with E-state index in [4.69, 9.17) is 19.3 Å². The lowest BCUT2D eigenvalue weighted by atomic mass is 9.73. The molecule has 0 atom stereocenters. The van der Waals surface area contributed by atoms with Crippen molar-refractivity contribution in [2.45, 2.75) is 58.2 Å². The standard InChI is InChI=1S/C43H40BN3O2/c1-41(2)34-22-13-14-23-38(34)47(33-20-11-8-12-21-33)39-27-31(24-25-35(39)41)37-28-36(45-40(46-37)29-16-9-7-10-17-29)30-18-15-19-32(26-30)44-48-42(3,4)43(5,6)49-44/h7-28H,1-6H3. The molecule has 49 heavy (non-hydrogen) atoms. The molecule has 0 spiro atoms. The van der Waals surface area contributed by atoms with Crippen molar-refractivity contribution in [1.82, 2.24) is 9.97 Å². The number of hydrogen-bond acceptors (Lipinski definition) is 5. The zero-order chi connectivity index (χ0) is 34.0. The second kappa shape index (κ2) is 11.5. The molecule has 2 aliphatic rings. The van der Waals surface area contributed by atoms with E-state index in [0.717, 1.165) is 44.9 Å². The van der Waals surface area contributed by atoms with E-state index in [-0.39, 0.29) is 5.41 Å². The molecule has 0 unspecified atom stereocenters. The van der Waals surface area contributed by atoms with E-state index in [2.05, 4.69) is 162 Å². The number of rotatable bonds is 5. The van der Waals surface area contributed by atoms with Gasteiger partial charge in [0, 0.05) is 22.2 Å². The third-order valence-electron chi connectivity index (χ3n) is 10.5. The van der Waals surface area contributed by atoms with E-state index in [1.165, 1.54) is 16.8 Å². The summed E-state index contributed by atoms with van der Waals surface area (Å²) in [7, 11) is -0.462. The quantitative estimate of drug-likeness (QED) is 0.175. The van der Waals surface area contributed by atoms with Crippen LogP contribution in [0.25, 0.3) is 33.9 Å². The molecule has 6 aromatic rings. The molecule has 0 N–H and O–H groups in total. The molecule has 8 rings (SSSR count). The van der Waals surface area contributed by atoms with Crippen LogP contribution < -0.4 is 10.4 Å². The van der Waals surface area contributed by atoms with Crippen LogP contribution in [-0.2, 0) is 14.7 Å². The lowest BCUT2D eigenvalue weighted by Crippen LogP contribution is -2.41. The smallest absolute Gasteiger partial charge is 0.399 e. The highest BCUT2D eigenvalue weighted by Gasteiger charge is 2.51. The molecule has 5 nitrogen and oxygen atoms in total. The number of para-hydroxylation sites is 2. The van der Waals surface area contributed by atoms with Gasteiger partial charge < -0.3 is 14.2 Å². The second-order valence-electron chi connectivity index (χ2n) is 14.6. The van der Waals surface area contributed by atoms with Crippen molar-refractivity contribution >= 4 is 29.6 Å². The molecule has 1 saturated heterocycles. The first-order valence-corrected chi connectivity index (χ1v) is 17.0. The first kappa shape index (κ1) is 31.2. The van der Waals surface area contributed by atoms with Crippen molar-refractivity contribution in [3.05, 3.63) is 145 Å². The van der Waals surface area contributed by atoms with Gasteiger partial charge in [-0.25, -0.2) is 9.97 Å². The van der Waals surface area contributed by atoms with Crippen LogP contribution in [0.4, 0.5) is 17.1 Å². The summed E-state index contributed by atoms with van der Waals surface area (Å²) in [6.07, 6.45) is 0. The SMILES string of the molecule is CC1(C)c2ccccc2N(c2ccccc2)c2cc(-c3cc(-c4cccc(B5OC(C)(C)C(C)(C)O5)c4)nc(-c4ccccc4)n3)ccc21. The van der Waals surface area contributed by atoms with Gasteiger partial charge in [0.15, 0.2) is 5.82 Å². The number of nitrogens with zero attached hydrogens (tertiary/aromatic N) is 3. The molecule has 3 heterocycles. The van der Waals surface area contributed by atoms with E-state index in [1.807, 2.05) is 18.2 Å². The molecular formula is C43H40BN3O2. The van der Waals surface area contributed by atoms with Crippen LogP contribution in [0.15, 0.2) is 133 Å². The van der Waals surface area contributed by atoms with Crippen molar-refractivity contribution in [2.75, 3.05) is 4.90 Å². The van der Waals surface area contributed by atoms with Crippen molar-refractivity contribution in [1.29, 1.82) is 0 Å². The molecule has 2 aliphatic heterocycles. The Kier molecular flexibility index (Phi) is 7.36. The third-order valence-corrected chi connectivity index (χ3v) is 10.5. The average Bonchev–Trinajstić information content (AvgIpc) is 3.34. The Bertz CT molecular complexity index is 2160. The normalized spacial score (nSPS) is 17.0. The van der Waals surface area contributed by atoms with Gasteiger partial charge in [-0.15, -0.1) is 0 Å². The van der Waals surface area contributed by atoms with Crippen LogP contribution in [0.1, 0.15) is 52.7 Å². The van der Waals surface area contributed by atoms with E-state index in [9.17, 15) is 0 Å². The Labute approximate surface area is 289 Å². The first-order chi connectivity index (χ1) is 23.5.